The Morgan fingerprint density at radius 3 is 2.43 bits per heavy atom. The quantitative estimate of drug-likeness (QED) is 0.847. The van der Waals surface area contributed by atoms with Crippen LogP contribution in [0.4, 0.5) is 0 Å². The van der Waals surface area contributed by atoms with Crippen molar-refractivity contribution in [3.63, 3.8) is 0 Å². The van der Waals surface area contributed by atoms with Crippen LogP contribution in [0.3, 0.4) is 0 Å². The summed E-state index contributed by atoms with van der Waals surface area (Å²) in [4.78, 5) is 0.238. The molecule has 116 valence electrons. The highest BCUT2D eigenvalue weighted by atomic mass is 32.2. The summed E-state index contributed by atoms with van der Waals surface area (Å²) < 4.78 is 27.0. The van der Waals surface area contributed by atoms with Crippen LogP contribution in [0, 0.1) is 17.8 Å². The summed E-state index contributed by atoms with van der Waals surface area (Å²) in [5.74, 6) is 5.51. The lowest BCUT2D eigenvalue weighted by molar-refractivity contribution is 0.319. The highest BCUT2D eigenvalue weighted by molar-refractivity contribution is 7.89. The van der Waals surface area contributed by atoms with Gasteiger partial charge in [0.25, 0.3) is 0 Å². The van der Waals surface area contributed by atoms with Gasteiger partial charge in [0.05, 0.1) is 4.90 Å². The topological polar surface area (TPSA) is 57.6 Å². The Balaban J connectivity index is 3.22. The summed E-state index contributed by atoms with van der Waals surface area (Å²) in [5.41, 5.74) is 0.582. The van der Waals surface area contributed by atoms with Crippen LogP contribution >= 0.6 is 0 Å². The van der Waals surface area contributed by atoms with Crippen LogP contribution in [0.25, 0.3) is 0 Å². The van der Waals surface area contributed by atoms with Gasteiger partial charge in [-0.15, -0.1) is 0 Å². The normalized spacial score (nSPS) is 11.8. The highest BCUT2D eigenvalue weighted by Crippen LogP contribution is 2.20. The van der Waals surface area contributed by atoms with E-state index in [9.17, 15) is 8.42 Å². The maximum atomic E-state index is 12.8. The van der Waals surface area contributed by atoms with Gasteiger partial charge in [-0.25, -0.2) is 8.42 Å². The van der Waals surface area contributed by atoms with Crippen molar-refractivity contribution < 1.29 is 13.5 Å². The zero-order valence-corrected chi connectivity index (χ0v) is 13.8. The van der Waals surface area contributed by atoms with Crippen molar-refractivity contribution in [2.45, 2.75) is 38.6 Å². The largest absolute Gasteiger partial charge is 0.384 e. The minimum absolute atomic E-state index is 0.107. The lowest BCUT2D eigenvalue weighted by Gasteiger charge is -2.27. The number of aliphatic hydroxyl groups is 1. The number of hydrogen-bond donors (Lipinski definition) is 1. The molecule has 1 aromatic carbocycles. The highest BCUT2D eigenvalue weighted by Gasteiger charge is 2.27. The van der Waals surface area contributed by atoms with Gasteiger partial charge in [-0.3, -0.25) is 0 Å². The number of rotatable bonds is 5. The minimum atomic E-state index is -3.54. The average Bonchev–Trinajstić information content (AvgIpc) is 2.42. The van der Waals surface area contributed by atoms with Crippen molar-refractivity contribution in [1.82, 2.24) is 4.31 Å². The lowest BCUT2D eigenvalue weighted by atomic mass is 10.2. The van der Waals surface area contributed by atoms with Crippen molar-refractivity contribution in [1.29, 1.82) is 0 Å². The maximum Gasteiger partial charge on any atom is 0.243 e. The zero-order valence-electron chi connectivity index (χ0n) is 13.0. The standard InChI is InChI=1S/C16H23NO3S/c1-13(2)12-17(14(3)4)21(19,20)16-9-5-7-15(11-16)8-6-10-18/h5,7,9,11,13-14,18H,10,12H2,1-4H3. The van der Waals surface area contributed by atoms with E-state index in [0.29, 0.717) is 12.1 Å². The van der Waals surface area contributed by atoms with E-state index in [4.69, 9.17) is 5.11 Å². The molecule has 0 spiro atoms. The van der Waals surface area contributed by atoms with E-state index in [1.54, 1.807) is 24.3 Å². The predicted molar refractivity (Wildman–Crippen MR) is 84.3 cm³/mol. The fraction of sp³-hybridized carbons (Fsp3) is 0.500. The molecule has 0 aliphatic rings. The van der Waals surface area contributed by atoms with Gasteiger partial charge in [0.1, 0.15) is 6.61 Å². The molecule has 0 aliphatic heterocycles. The molecule has 1 N–H and O–H groups in total. The third kappa shape index (κ3) is 4.85. The molecule has 0 saturated carbocycles. The molecule has 0 atom stereocenters. The molecule has 0 heterocycles. The molecule has 0 amide bonds. The minimum Gasteiger partial charge on any atom is -0.384 e. The van der Waals surface area contributed by atoms with Gasteiger partial charge in [0, 0.05) is 18.2 Å². The van der Waals surface area contributed by atoms with Crippen LogP contribution in [-0.2, 0) is 10.0 Å². The first-order chi connectivity index (χ1) is 9.78. The second-order valence-electron chi connectivity index (χ2n) is 5.55. The van der Waals surface area contributed by atoms with Gasteiger partial charge in [0.15, 0.2) is 0 Å². The Labute approximate surface area is 127 Å². The first-order valence-corrected chi connectivity index (χ1v) is 8.44. The summed E-state index contributed by atoms with van der Waals surface area (Å²) >= 11 is 0. The molecule has 0 saturated heterocycles. The number of benzene rings is 1. The Kier molecular flexibility index (Phi) is 6.41. The fourth-order valence-electron chi connectivity index (χ4n) is 1.96. The van der Waals surface area contributed by atoms with Crippen LogP contribution in [0.5, 0.6) is 0 Å². The number of aliphatic hydroxyl groups excluding tert-OH is 1. The summed E-state index contributed by atoms with van der Waals surface area (Å²) in [7, 11) is -3.54. The first-order valence-electron chi connectivity index (χ1n) is 7.00. The zero-order chi connectivity index (χ0) is 16.0. The second kappa shape index (κ2) is 7.60. The smallest absolute Gasteiger partial charge is 0.243 e. The van der Waals surface area contributed by atoms with Gasteiger partial charge in [-0.1, -0.05) is 31.8 Å². The summed E-state index contributed by atoms with van der Waals surface area (Å²) in [6, 6.07) is 6.42. The molecule has 0 unspecified atom stereocenters. The Morgan fingerprint density at radius 2 is 1.90 bits per heavy atom. The van der Waals surface area contributed by atoms with E-state index in [1.807, 2.05) is 27.7 Å². The van der Waals surface area contributed by atoms with E-state index in [0.717, 1.165) is 0 Å². The summed E-state index contributed by atoms with van der Waals surface area (Å²) in [6.07, 6.45) is 0. The van der Waals surface area contributed by atoms with Crippen LogP contribution in [0.2, 0.25) is 0 Å². The fourth-order valence-corrected chi connectivity index (χ4v) is 3.80. The molecule has 4 nitrogen and oxygen atoms in total. The first kappa shape index (κ1) is 17.7. The average molecular weight is 309 g/mol. The van der Waals surface area contributed by atoms with Gasteiger partial charge in [-0.2, -0.15) is 4.31 Å². The molecule has 0 radical (unpaired) electrons. The molecule has 1 aromatic rings. The molecular weight excluding hydrogens is 286 g/mol. The van der Waals surface area contributed by atoms with Gasteiger partial charge in [-0.05, 0) is 38.0 Å². The molecule has 5 heteroatoms. The Morgan fingerprint density at radius 1 is 1.24 bits per heavy atom. The molecule has 21 heavy (non-hydrogen) atoms. The number of sulfonamides is 1. The van der Waals surface area contributed by atoms with Crippen LogP contribution in [0.15, 0.2) is 29.2 Å². The monoisotopic (exact) mass is 309 g/mol. The van der Waals surface area contributed by atoms with E-state index < -0.39 is 10.0 Å². The molecule has 1 rings (SSSR count). The van der Waals surface area contributed by atoms with Crippen molar-refractivity contribution in [3.8, 4) is 11.8 Å². The molecule has 0 aliphatic carbocycles. The number of hydrogen-bond acceptors (Lipinski definition) is 3. The van der Waals surface area contributed by atoms with Crippen molar-refractivity contribution in [3.05, 3.63) is 29.8 Å². The van der Waals surface area contributed by atoms with E-state index in [1.165, 1.54) is 4.31 Å². The van der Waals surface area contributed by atoms with E-state index in [2.05, 4.69) is 11.8 Å². The van der Waals surface area contributed by atoms with Gasteiger partial charge >= 0.3 is 0 Å². The van der Waals surface area contributed by atoms with Crippen molar-refractivity contribution in [2.24, 2.45) is 5.92 Å². The van der Waals surface area contributed by atoms with E-state index in [-0.39, 0.29) is 23.5 Å². The van der Waals surface area contributed by atoms with Gasteiger partial charge in [0.2, 0.25) is 10.0 Å². The van der Waals surface area contributed by atoms with Crippen LogP contribution in [0.1, 0.15) is 33.3 Å². The molecular formula is C16H23NO3S. The molecule has 0 aromatic heterocycles. The third-order valence-electron chi connectivity index (χ3n) is 2.87. The summed E-state index contributed by atoms with van der Waals surface area (Å²) in [6.45, 7) is 7.96. The van der Waals surface area contributed by atoms with Crippen molar-refractivity contribution in [2.75, 3.05) is 13.2 Å². The van der Waals surface area contributed by atoms with Crippen LogP contribution in [-0.4, -0.2) is 37.0 Å². The third-order valence-corrected chi connectivity index (χ3v) is 4.91. The SMILES string of the molecule is CC(C)CN(C(C)C)S(=O)(=O)c1cccc(C#CCO)c1. The molecule has 0 bridgehead atoms. The van der Waals surface area contributed by atoms with Gasteiger partial charge < -0.3 is 5.11 Å². The van der Waals surface area contributed by atoms with Crippen LogP contribution < -0.4 is 0 Å². The van der Waals surface area contributed by atoms with E-state index >= 15 is 0 Å². The number of nitrogens with zero attached hydrogens (tertiary/aromatic N) is 1. The Bertz CT molecular complexity index is 624. The second-order valence-corrected chi connectivity index (χ2v) is 7.44. The predicted octanol–water partition coefficient (Wildman–Crippen LogP) is 2.09. The lowest BCUT2D eigenvalue weighted by Crippen LogP contribution is -2.39. The maximum absolute atomic E-state index is 12.8. The van der Waals surface area contributed by atoms with Crippen molar-refractivity contribution >= 4 is 10.0 Å². The molecule has 0 fully saturated rings. The summed E-state index contributed by atoms with van der Waals surface area (Å²) in [5, 5.41) is 8.72. The Hall–Kier alpha value is -1.35.